The van der Waals surface area contributed by atoms with E-state index in [1.54, 1.807) is 0 Å². The van der Waals surface area contributed by atoms with Crippen LogP contribution in [0.2, 0.25) is 0 Å². The van der Waals surface area contributed by atoms with E-state index in [2.05, 4.69) is 6.58 Å². The standard InChI is InChI=1S/C50H59NO14/c1-3-24-58-49(55)51-25-37-43(46(50(37,56)31-51)65-47-41(54)40(53)39(52)38(63-47)30-57-26-33-16-8-4-9-17-33)64-48-45(61-29-36-22-14-7-15-23-36)44(60-28-35-20-12-6-13-21-35)42(32(2)62-48)59-27-34-18-10-5-11-19-34/h3-23,32,37-48,52-54,56H,1,24-31H2,2H3. The van der Waals surface area contributed by atoms with E-state index in [4.69, 9.17) is 42.6 Å². The Balaban J connectivity index is 1.07. The van der Waals surface area contributed by atoms with Crippen molar-refractivity contribution in [2.45, 2.75) is 113 Å². The Morgan fingerprint density at radius 1 is 0.677 bits per heavy atom. The molecule has 4 N–H and O–H groups in total. The SMILES string of the molecule is C=CCOC(=O)N1CC2C(OC3OC(C)C(OCc4ccccc4)C(OCc4ccccc4)C3OCc3ccccc3)C(OC3OC(COCc4ccccc4)C(O)C(O)C3O)C2(O)C1. The Kier molecular flexibility index (Phi) is 15.7. The highest BCUT2D eigenvalue weighted by Crippen LogP contribution is 2.50. The summed E-state index contributed by atoms with van der Waals surface area (Å²) in [4.78, 5) is 14.6. The first-order valence-corrected chi connectivity index (χ1v) is 22.1. The molecule has 0 aromatic heterocycles. The largest absolute Gasteiger partial charge is 0.445 e. The van der Waals surface area contributed by atoms with E-state index in [1.165, 1.54) is 11.0 Å². The van der Waals surface area contributed by atoms with Gasteiger partial charge in [-0.25, -0.2) is 4.79 Å². The Labute approximate surface area is 378 Å². The van der Waals surface area contributed by atoms with Crippen molar-refractivity contribution in [1.82, 2.24) is 4.90 Å². The molecule has 15 heteroatoms. The highest BCUT2D eigenvalue weighted by molar-refractivity contribution is 5.68. The maximum Gasteiger partial charge on any atom is 0.410 e. The van der Waals surface area contributed by atoms with Crippen molar-refractivity contribution in [3.05, 3.63) is 156 Å². The monoisotopic (exact) mass is 897 g/mol. The van der Waals surface area contributed by atoms with E-state index >= 15 is 0 Å². The van der Waals surface area contributed by atoms with Crippen LogP contribution in [0, 0.1) is 5.92 Å². The van der Waals surface area contributed by atoms with E-state index in [1.807, 2.05) is 128 Å². The quantitative estimate of drug-likeness (QED) is 0.0979. The number of carbonyl (C=O) groups is 1. The number of nitrogens with zero attached hydrogens (tertiary/aromatic N) is 1. The number of aliphatic hydroxyl groups excluding tert-OH is 3. The van der Waals surface area contributed by atoms with Crippen LogP contribution in [0.15, 0.2) is 134 Å². The Morgan fingerprint density at radius 2 is 1.20 bits per heavy atom. The molecule has 4 fully saturated rings. The topological polar surface area (TPSA) is 184 Å². The average Bonchev–Trinajstić information content (AvgIpc) is 3.64. The van der Waals surface area contributed by atoms with Gasteiger partial charge >= 0.3 is 6.09 Å². The van der Waals surface area contributed by atoms with E-state index in [0.717, 1.165) is 22.3 Å². The van der Waals surface area contributed by atoms with Crippen molar-refractivity contribution in [1.29, 1.82) is 0 Å². The maximum atomic E-state index is 13.2. The minimum Gasteiger partial charge on any atom is -0.445 e. The highest BCUT2D eigenvalue weighted by Gasteiger charge is 2.70. The molecule has 0 bridgehead atoms. The molecule has 1 saturated carbocycles. The third kappa shape index (κ3) is 11.0. The second-order valence-electron chi connectivity index (χ2n) is 17.0. The number of likely N-dealkylation sites (tertiary alicyclic amines) is 1. The molecule has 8 rings (SSSR count). The van der Waals surface area contributed by atoms with Crippen molar-refractivity contribution in [2.24, 2.45) is 5.92 Å². The molecule has 348 valence electrons. The molecule has 4 aromatic rings. The zero-order chi connectivity index (χ0) is 45.3. The van der Waals surface area contributed by atoms with Crippen LogP contribution in [0.3, 0.4) is 0 Å². The molecule has 14 unspecified atom stereocenters. The molecule has 0 spiro atoms. The molecule has 3 aliphatic heterocycles. The van der Waals surface area contributed by atoms with E-state index < -0.39 is 91.2 Å². The number of carbonyl (C=O) groups excluding carboxylic acids is 1. The molecule has 14 atom stereocenters. The van der Waals surface area contributed by atoms with Gasteiger partial charge in [0.1, 0.15) is 61.0 Å². The van der Waals surface area contributed by atoms with Crippen LogP contribution >= 0.6 is 0 Å². The van der Waals surface area contributed by atoms with Gasteiger partial charge in [0.2, 0.25) is 0 Å². The lowest BCUT2D eigenvalue weighted by molar-refractivity contribution is -0.392. The summed E-state index contributed by atoms with van der Waals surface area (Å²) >= 11 is 0. The van der Waals surface area contributed by atoms with E-state index in [9.17, 15) is 25.2 Å². The molecular formula is C50H59NO14. The lowest BCUT2D eigenvalue weighted by atomic mass is 9.66. The van der Waals surface area contributed by atoms with Crippen LogP contribution in [-0.4, -0.2) is 137 Å². The number of ether oxygens (including phenoxy) is 9. The fraction of sp³-hybridized carbons (Fsp3) is 0.460. The van der Waals surface area contributed by atoms with Crippen molar-refractivity contribution < 1.29 is 67.9 Å². The van der Waals surface area contributed by atoms with Gasteiger partial charge in [0, 0.05) is 12.5 Å². The summed E-state index contributed by atoms with van der Waals surface area (Å²) < 4.78 is 57.5. The van der Waals surface area contributed by atoms with Crippen LogP contribution in [-0.2, 0) is 69.1 Å². The number of hydrogen-bond acceptors (Lipinski definition) is 14. The Morgan fingerprint density at radius 3 is 1.75 bits per heavy atom. The van der Waals surface area contributed by atoms with E-state index in [0.29, 0.717) is 0 Å². The Hall–Kier alpha value is -4.59. The summed E-state index contributed by atoms with van der Waals surface area (Å²) in [7, 11) is 0. The molecule has 65 heavy (non-hydrogen) atoms. The summed E-state index contributed by atoms with van der Waals surface area (Å²) in [6.45, 7) is 6.00. The lowest BCUT2D eigenvalue weighted by Gasteiger charge is -2.56. The summed E-state index contributed by atoms with van der Waals surface area (Å²) in [5.41, 5.74) is 1.94. The second-order valence-corrected chi connectivity index (χ2v) is 17.0. The second kappa shape index (κ2) is 21.8. The molecule has 3 saturated heterocycles. The highest BCUT2D eigenvalue weighted by atomic mass is 16.8. The van der Waals surface area contributed by atoms with Crippen LogP contribution in [0.1, 0.15) is 29.2 Å². The number of β-amino-alcohol motifs (C(OH)–C–C–N with tert-alkyl or cyclic N) is 1. The number of amides is 1. The van der Waals surface area contributed by atoms with Gasteiger partial charge in [0.25, 0.3) is 0 Å². The fourth-order valence-electron chi connectivity index (χ4n) is 8.98. The lowest BCUT2D eigenvalue weighted by Crippen LogP contribution is -2.74. The first-order valence-electron chi connectivity index (χ1n) is 22.1. The van der Waals surface area contributed by atoms with Gasteiger partial charge in [-0.15, -0.1) is 0 Å². The third-order valence-corrected chi connectivity index (χ3v) is 12.5. The first kappa shape index (κ1) is 46.9. The number of rotatable bonds is 19. The van der Waals surface area contributed by atoms with Gasteiger partial charge in [-0.1, -0.05) is 134 Å². The molecule has 15 nitrogen and oxygen atoms in total. The van der Waals surface area contributed by atoms with Gasteiger partial charge in [0.15, 0.2) is 12.6 Å². The Bertz CT molecular complexity index is 2090. The average molecular weight is 898 g/mol. The normalized spacial score (nSPS) is 33.2. The number of benzene rings is 4. The van der Waals surface area contributed by atoms with Crippen LogP contribution in [0.25, 0.3) is 0 Å². The summed E-state index contributed by atoms with van der Waals surface area (Å²) in [6, 6.07) is 38.6. The van der Waals surface area contributed by atoms with Gasteiger partial charge < -0.3 is 68.0 Å². The van der Waals surface area contributed by atoms with Crippen LogP contribution in [0.5, 0.6) is 0 Å². The molecule has 1 aliphatic carbocycles. The third-order valence-electron chi connectivity index (χ3n) is 12.5. The maximum absolute atomic E-state index is 13.2. The number of fused-ring (bicyclic) bond motifs is 1. The number of aliphatic hydroxyl groups is 4. The minimum absolute atomic E-state index is 0.0247. The summed E-state index contributed by atoms with van der Waals surface area (Å²) in [6.07, 6.45) is -13.2. The smallest absolute Gasteiger partial charge is 0.410 e. The van der Waals surface area contributed by atoms with Crippen molar-refractivity contribution in [2.75, 3.05) is 26.3 Å². The molecule has 4 aromatic carbocycles. The first-order chi connectivity index (χ1) is 31.6. The molecule has 0 radical (unpaired) electrons. The van der Waals surface area contributed by atoms with Crippen molar-refractivity contribution in [3.8, 4) is 0 Å². The van der Waals surface area contributed by atoms with Gasteiger partial charge in [-0.05, 0) is 29.2 Å². The van der Waals surface area contributed by atoms with Gasteiger partial charge in [-0.3, -0.25) is 0 Å². The zero-order valence-corrected chi connectivity index (χ0v) is 36.3. The fourth-order valence-corrected chi connectivity index (χ4v) is 8.98. The minimum atomic E-state index is -1.74. The van der Waals surface area contributed by atoms with Crippen molar-refractivity contribution in [3.63, 3.8) is 0 Å². The predicted octanol–water partition coefficient (Wildman–Crippen LogP) is 4.28. The zero-order valence-electron chi connectivity index (χ0n) is 36.3. The van der Waals surface area contributed by atoms with Gasteiger partial charge in [0.05, 0.1) is 51.8 Å². The summed E-state index contributed by atoms with van der Waals surface area (Å²) in [5, 5.41) is 45.7. The molecular weight excluding hydrogens is 839 g/mol. The molecule has 4 aliphatic rings. The number of hydrogen-bond donors (Lipinski definition) is 4. The van der Waals surface area contributed by atoms with Gasteiger partial charge in [-0.2, -0.15) is 0 Å². The molecule has 1 amide bonds. The molecule has 3 heterocycles. The summed E-state index contributed by atoms with van der Waals surface area (Å²) in [5.74, 6) is -0.741. The van der Waals surface area contributed by atoms with Crippen molar-refractivity contribution >= 4 is 6.09 Å². The van der Waals surface area contributed by atoms with E-state index in [-0.39, 0.29) is 52.7 Å². The van der Waals surface area contributed by atoms with Crippen LogP contribution < -0.4 is 0 Å². The van der Waals surface area contributed by atoms with Crippen LogP contribution in [0.4, 0.5) is 4.79 Å². The predicted molar refractivity (Wildman–Crippen MR) is 233 cm³/mol.